The van der Waals surface area contributed by atoms with Gasteiger partial charge in [-0.15, -0.1) is 0 Å². The first kappa shape index (κ1) is 8.32. The molecule has 0 spiro atoms. The van der Waals surface area contributed by atoms with Gasteiger partial charge in [0.1, 0.15) is 0 Å². The molecule has 1 aromatic carbocycles. The van der Waals surface area contributed by atoms with Crippen molar-refractivity contribution in [3.05, 3.63) is 36.0 Å². The predicted molar refractivity (Wildman–Crippen MR) is 51.1 cm³/mol. The van der Waals surface area contributed by atoms with E-state index >= 15 is 0 Å². The van der Waals surface area contributed by atoms with Gasteiger partial charge in [0.25, 0.3) is 6.01 Å². The molecule has 0 amide bonds. The molecular formula is C10H7N3O. The van der Waals surface area contributed by atoms with Crippen molar-refractivity contribution in [1.82, 2.24) is 4.98 Å². The van der Waals surface area contributed by atoms with Crippen LogP contribution >= 0.6 is 0 Å². The second kappa shape index (κ2) is 3.23. The van der Waals surface area contributed by atoms with E-state index in [1.165, 1.54) is 6.20 Å². The van der Waals surface area contributed by atoms with Gasteiger partial charge in [-0.3, -0.25) is 0 Å². The fourth-order valence-corrected chi connectivity index (χ4v) is 1.16. The third kappa shape index (κ3) is 1.43. The number of hydrogen-bond donors (Lipinski definition) is 1. The summed E-state index contributed by atoms with van der Waals surface area (Å²) < 4.78 is 5.13. The van der Waals surface area contributed by atoms with Crippen LogP contribution in [0.2, 0.25) is 0 Å². The smallest absolute Gasteiger partial charge is 0.292 e. The SMILES string of the molecule is N#Cc1cccc(-c2cnc(N)o2)c1. The molecule has 0 aliphatic carbocycles. The van der Waals surface area contributed by atoms with E-state index in [2.05, 4.69) is 11.1 Å². The molecule has 2 aromatic rings. The Morgan fingerprint density at radius 1 is 1.43 bits per heavy atom. The van der Waals surface area contributed by atoms with Crippen LogP contribution in [0.1, 0.15) is 5.56 Å². The molecule has 0 fully saturated rings. The first-order valence-corrected chi connectivity index (χ1v) is 4.01. The molecule has 0 unspecified atom stereocenters. The van der Waals surface area contributed by atoms with E-state index in [-0.39, 0.29) is 6.01 Å². The van der Waals surface area contributed by atoms with Crippen molar-refractivity contribution in [1.29, 1.82) is 5.26 Å². The summed E-state index contributed by atoms with van der Waals surface area (Å²) in [7, 11) is 0. The van der Waals surface area contributed by atoms with Crippen molar-refractivity contribution < 1.29 is 4.42 Å². The zero-order chi connectivity index (χ0) is 9.97. The highest BCUT2D eigenvalue weighted by Crippen LogP contribution is 2.21. The van der Waals surface area contributed by atoms with Gasteiger partial charge in [-0.25, -0.2) is 4.98 Å². The Balaban J connectivity index is 2.47. The minimum Gasteiger partial charge on any atom is -0.424 e. The first-order valence-electron chi connectivity index (χ1n) is 4.01. The molecule has 0 saturated heterocycles. The normalized spacial score (nSPS) is 9.64. The van der Waals surface area contributed by atoms with Crippen molar-refractivity contribution in [2.45, 2.75) is 0 Å². The maximum Gasteiger partial charge on any atom is 0.292 e. The van der Waals surface area contributed by atoms with E-state index < -0.39 is 0 Å². The van der Waals surface area contributed by atoms with E-state index in [0.717, 1.165) is 5.56 Å². The second-order valence-corrected chi connectivity index (χ2v) is 2.76. The van der Waals surface area contributed by atoms with Crippen LogP contribution in [0.25, 0.3) is 11.3 Å². The van der Waals surface area contributed by atoms with Gasteiger partial charge in [-0.1, -0.05) is 12.1 Å². The zero-order valence-corrected chi connectivity index (χ0v) is 7.27. The molecular weight excluding hydrogens is 178 g/mol. The molecule has 0 atom stereocenters. The third-order valence-electron chi connectivity index (χ3n) is 1.80. The monoisotopic (exact) mass is 185 g/mol. The molecule has 1 heterocycles. The highest BCUT2D eigenvalue weighted by molar-refractivity contribution is 5.59. The minimum absolute atomic E-state index is 0.127. The average Bonchev–Trinajstić information content (AvgIpc) is 2.65. The molecule has 14 heavy (non-hydrogen) atoms. The summed E-state index contributed by atoms with van der Waals surface area (Å²) in [4.78, 5) is 3.78. The zero-order valence-electron chi connectivity index (χ0n) is 7.27. The summed E-state index contributed by atoms with van der Waals surface area (Å²) in [5.74, 6) is 0.569. The Kier molecular flexibility index (Phi) is 1.92. The number of benzene rings is 1. The van der Waals surface area contributed by atoms with Crippen LogP contribution in [-0.2, 0) is 0 Å². The summed E-state index contributed by atoms with van der Waals surface area (Å²) in [5.41, 5.74) is 6.72. The quantitative estimate of drug-likeness (QED) is 0.734. The third-order valence-corrected chi connectivity index (χ3v) is 1.80. The van der Waals surface area contributed by atoms with Crippen molar-refractivity contribution in [3.8, 4) is 17.4 Å². The van der Waals surface area contributed by atoms with Crippen LogP contribution < -0.4 is 5.73 Å². The van der Waals surface area contributed by atoms with Gasteiger partial charge in [0.15, 0.2) is 5.76 Å². The van der Waals surface area contributed by atoms with E-state index in [1.54, 1.807) is 18.2 Å². The summed E-state index contributed by atoms with van der Waals surface area (Å²) in [6.07, 6.45) is 1.53. The fourth-order valence-electron chi connectivity index (χ4n) is 1.16. The second-order valence-electron chi connectivity index (χ2n) is 2.76. The van der Waals surface area contributed by atoms with E-state index in [0.29, 0.717) is 11.3 Å². The maximum absolute atomic E-state index is 8.69. The molecule has 0 radical (unpaired) electrons. The summed E-state index contributed by atoms with van der Waals surface area (Å²) in [5, 5.41) is 8.69. The lowest BCUT2D eigenvalue weighted by molar-refractivity contribution is 0.595. The van der Waals surface area contributed by atoms with Crippen LogP contribution in [0, 0.1) is 11.3 Å². The van der Waals surface area contributed by atoms with Gasteiger partial charge in [0, 0.05) is 5.56 Å². The minimum atomic E-state index is 0.127. The molecule has 0 saturated carbocycles. The van der Waals surface area contributed by atoms with Gasteiger partial charge >= 0.3 is 0 Å². The van der Waals surface area contributed by atoms with E-state index in [4.69, 9.17) is 15.4 Å². The van der Waals surface area contributed by atoms with Crippen LogP contribution in [0.3, 0.4) is 0 Å². The molecule has 2 rings (SSSR count). The number of rotatable bonds is 1. The fraction of sp³-hybridized carbons (Fsp3) is 0. The topological polar surface area (TPSA) is 75.8 Å². The number of nitrogens with two attached hydrogens (primary N) is 1. The molecule has 0 aliphatic rings. The Morgan fingerprint density at radius 2 is 2.29 bits per heavy atom. The number of aromatic nitrogens is 1. The largest absolute Gasteiger partial charge is 0.424 e. The molecule has 4 nitrogen and oxygen atoms in total. The molecule has 1 aromatic heterocycles. The number of hydrogen-bond acceptors (Lipinski definition) is 4. The standard InChI is InChI=1S/C10H7N3O/c11-5-7-2-1-3-8(4-7)9-6-13-10(12)14-9/h1-4,6H,(H2,12,13). The number of nitrogens with zero attached hydrogens (tertiary/aromatic N) is 2. The number of nitrogen functional groups attached to an aromatic ring is 1. The predicted octanol–water partition coefficient (Wildman–Crippen LogP) is 1.80. The molecule has 2 N–H and O–H groups in total. The Bertz CT molecular complexity index is 496. The number of anilines is 1. The van der Waals surface area contributed by atoms with Crippen molar-refractivity contribution in [2.24, 2.45) is 0 Å². The van der Waals surface area contributed by atoms with Crippen molar-refractivity contribution in [2.75, 3.05) is 5.73 Å². The number of nitriles is 1. The van der Waals surface area contributed by atoms with Crippen LogP contribution in [0.4, 0.5) is 6.01 Å². The number of oxazole rings is 1. The Labute approximate surface area is 80.6 Å². The average molecular weight is 185 g/mol. The lowest BCUT2D eigenvalue weighted by atomic mass is 10.1. The van der Waals surface area contributed by atoms with E-state index in [9.17, 15) is 0 Å². The van der Waals surface area contributed by atoms with Gasteiger partial charge in [-0.05, 0) is 12.1 Å². The van der Waals surface area contributed by atoms with Gasteiger partial charge < -0.3 is 10.2 Å². The molecule has 4 heteroatoms. The molecule has 0 bridgehead atoms. The highest BCUT2D eigenvalue weighted by atomic mass is 16.4. The van der Waals surface area contributed by atoms with Gasteiger partial charge in [0.05, 0.1) is 17.8 Å². The van der Waals surface area contributed by atoms with Crippen LogP contribution in [0.5, 0.6) is 0 Å². The maximum atomic E-state index is 8.69. The Hall–Kier alpha value is -2.28. The molecule has 68 valence electrons. The van der Waals surface area contributed by atoms with Crippen molar-refractivity contribution in [3.63, 3.8) is 0 Å². The summed E-state index contributed by atoms with van der Waals surface area (Å²) in [6.45, 7) is 0. The van der Waals surface area contributed by atoms with E-state index in [1.807, 2.05) is 6.07 Å². The summed E-state index contributed by atoms with van der Waals surface area (Å²) >= 11 is 0. The Morgan fingerprint density at radius 3 is 2.93 bits per heavy atom. The van der Waals surface area contributed by atoms with Crippen LogP contribution in [0.15, 0.2) is 34.9 Å². The van der Waals surface area contributed by atoms with Gasteiger partial charge in [-0.2, -0.15) is 5.26 Å². The lowest BCUT2D eigenvalue weighted by Gasteiger charge is -1.95. The highest BCUT2D eigenvalue weighted by Gasteiger charge is 2.03. The summed E-state index contributed by atoms with van der Waals surface area (Å²) in [6, 6.07) is 9.24. The van der Waals surface area contributed by atoms with Crippen molar-refractivity contribution >= 4 is 6.01 Å². The molecule has 0 aliphatic heterocycles. The van der Waals surface area contributed by atoms with Gasteiger partial charge in [0.2, 0.25) is 0 Å². The lowest BCUT2D eigenvalue weighted by Crippen LogP contribution is -1.80. The van der Waals surface area contributed by atoms with Crippen LogP contribution in [-0.4, -0.2) is 4.98 Å². The first-order chi connectivity index (χ1) is 6.79.